The van der Waals surface area contributed by atoms with E-state index in [1.165, 1.54) is 0 Å². The maximum absolute atomic E-state index is 13.2. The van der Waals surface area contributed by atoms with Crippen LogP contribution < -0.4 is 15.4 Å². The Hall–Kier alpha value is -3.81. The molecule has 2 aromatic carbocycles. The minimum absolute atomic E-state index is 0.186. The third-order valence-corrected chi connectivity index (χ3v) is 5.14. The largest absolute Gasteiger partial charge is 0.463 e. The molecule has 2 amide bonds. The lowest BCUT2D eigenvalue weighted by molar-refractivity contribution is -0.144. The number of para-hydroxylation sites is 2. The van der Waals surface area contributed by atoms with Crippen LogP contribution in [0.5, 0.6) is 11.5 Å². The van der Waals surface area contributed by atoms with Crippen molar-refractivity contribution in [2.24, 2.45) is 0 Å². The van der Waals surface area contributed by atoms with Crippen molar-refractivity contribution in [2.75, 3.05) is 13.2 Å². The maximum Gasteiger partial charge on any atom is 0.338 e. The van der Waals surface area contributed by atoms with Gasteiger partial charge in [0.2, 0.25) is 0 Å². The number of amides is 2. The summed E-state index contributed by atoms with van der Waals surface area (Å²) < 4.78 is 16.6. The normalized spacial score (nSPS) is 17.5. The van der Waals surface area contributed by atoms with E-state index in [-0.39, 0.29) is 24.5 Å². The predicted octanol–water partition coefficient (Wildman–Crippen LogP) is 2.99. The highest BCUT2D eigenvalue weighted by Gasteiger charge is 2.35. The molecular formula is C23H22N2O6. The smallest absolute Gasteiger partial charge is 0.338 e. The lowest BCUT2D eigenvalue weighted by Gasteiger charge is -2.28. The van der Waals surface area contributed by atoms with Gasteiger partial charge in [-0.05, 0) is 26.0 Å². The molecule has 0 radical (unpaired) electrons. The van der Waals surface area contributed by atoms with Gasteiger partial charge in [0.1, 0.15) is 24.0 Å². The van der Waals surface area contributed by atoms with E-state index in [0.29, 0.717) is 22.6 Å². The van der Waals surface area contributed by atoms with E-state index in [1.54, 1.807) is 26.0 Å². The number of benzene rings is 2. The zero-order valence-electron chi connectivity index (χ0n) is 17.1. The van der Waals surface area contributed by atoms with Crippen molar-refractivity contribution in [1.82, 2.24) is 10.6 Å². The van der Waals surface area contributed by atoms with Gasteiger partial charge in [0.25, 0.3) is 0 Å². The number of rotatable bonds is 5. The van der Waals surface area contributed by atoms with Crippen LogP contribution >= 0.6 is 0 Å². The fourth-order valence-electron chi connectivity index (χ4n) is 3.78. The molecule has 0 unspecified atom stereocenters. The van der Waals surface area contributed by atoms with Gasteiger partial charge in [0.15, 0.2) is 0 Å². The molecule has 2 aliphatic rings. The molecular weight excluding hydrogens is 400 g/mol. The van der Waals surface area contributed by atoms with Gasteiger partial charge in [0, 0.05) is 11.1 Å². The van der Waals surface area contributed by atoms with Crippen LogP contribution in [0.1, 0.15) is 30.9 Å². The highest BCUT2D eigenvalue weighted by atomic mass is 16.5. The van der Waals surface area contributed by atoms with Crippen molar-refractivity contribution in [3.63, 3.8) is 0 Å². The molecule has 8 heteroatoms. The minimum atomic E-state index is -0.692. The van der Waals surface area contributed by atoms with Crippen LogP contribution in [-0.2, 0) is 19.1 Å². The van der Waals surface area contributed by atoms with Crippen molar-refractivity contribution in [2.45, 2.75) is 25.8 Å². The second kappa shape index (κ2) is 8.51. The van der Waals surface area contributed by atoms with Crippen LogP contribution in [0.15, 0.2) is 59.8 Å². The molecule has 4 rings (SSSR count). The molecule has 160 valence electrons. The average Bonchev–Trinajstić information content (AvgIpc) is 2.75. The van der Waals surface area contributed by atoms with E-state index in [4.69, 9.17) is 14.2 Å². The molecule has 2 N–H and O–H groups in total. The van der Waals surface area contributed by atoms with Gasteiger partial charge in [-0.3, -0.25) is 4.79 Å². The van der Waals surface area contributed by atoms with Crippen LogP contribution in [0.25, 0.3) is 0 Å². The summed E-state index contributed by atoms with van der Waals surface area (Å²) in [5, 5.41) is 5.17. The fourth-order valence-corrected chi connectivity index (χ4v) is 3.78. The molecule has 0 aliphatic carbocycles. The Kier molecular flexibility index (Phi) is 5.62. The number of carbonyl (C=O) groups excluding carboxylic acids is 3. The molecule has 0 aromatic heterocycles. The Morgan fingerprint density at radius 2 is 1.61 bits per heavy atom. The Bertz CT molecular complexity index is 1030. The van der Waals surface area contributed by atoms with E-state index in [1.807, 2.05) is 36.4 Å². The summed E-state index contributed by atoms with van der Waals surface area (Å²) in [7, 11) is 0. The van der Waals surface area contributed by atoms with Gasteiger partial charge in [0.05, 0.1) is 23.9 Å². The Morgan fingerprint density at radius 1 is 1.00 bits per heavy atom. The minimum Gasteiger partial charge on any atom is -0.463 e. The second-order valence-corrected chi connectivity index (χ2v) is 7.15. The molecule has 0 fully saturated rings. The lowest BCUT2D eigenvalue weighted by atomic mass is 9.88. The zero-order valence-corrected chi connectivity index (χ0v) is 17.1. The first-order chi connectivity index (χ1) is 15.0. The van der Waals surface area contributed by atoms with E-state index in [0.717, 1.165) is 0 Å². The molecule has 2 aliphatic heterocycles. The zero-order chi connectivity index (χ0) is 22.0. The highest BCUT2D eigenvalue weighted by molar-refractivity contribution is 5.95. The third kappa shape index (κ3) is 3.96. The first-order valence-electron chi connectivity index (χ1n) is 9.99. The molecule has 31 heavy (non-hydrogen) atoms. The summed E-state index contributed by atoms with van der Waals surface area (Å²) in [4.78, 5) is 37.5. The molecule has 2 aromatic rings. The van der Waals surface area contributed by atoms with Crippen molar-refractivity contribution >= 4 is 18.0 Å². The van der Waals surface area contributed by atoms with E-state index < -0.39 is 29.9 Å². The van der Waals surface area contributed by atoms with Crippen molar-refractivity contribution in [3.05, 3.63) is 70.9 Å². The number of fused-ring (bicyclic) bond motifs is 2. The number of carbonyl (C=O) groups is 3. The van der Waals surface area contributed by atoms with Gasteiger partial charge < -0.3 is 24.8 Å². The maximum atomic E-state index is 13.2. The van der Waals surface area contributed by atoms with Crippen LogP contribution in [0, 0.1) is 0 Å². The van der Waals surface area contributed by atoms with Gasteiger partial charge >= 0.3 is 18.0 Å². The molecule has 0 saturated heterocycles. The van der Waals surface area contributed by atoms with Crippen LogP contribution in [0.3, 0.4) is 0 Å². The number of urea groups is 1. The number of nitrogens with one attached hydrogen (secondary N) is 2. The van der Waals surface area contributed by atoms with Gasteiger partial charge in [-0.1, -0.05) is 36.4 Å². The number of ether oxygens (including phenoxy) is 3. The predicted molar refractivity (Wildman–Crippen MR) is 111 cm³/mol. The Labute approximate surface area is 179 Å². The summed E-state index contributed by atoms with van der Waals surface area (Å²) in [5.41, 5.74) is 1.81. The van der Waals surface area contributed by atoms with Crippen molar-refractivity contribution in [1.29, 1.82) is 0 Å². The average molecular weight is 422 g/mol. The molecule has 8 nitrogen and oxygen atoms in total. The Balaban J connectivity index is 1.62. The van der Waals surface area contributed by atoms with Crippen molar-refractivity contribution < 1.29 is 28.6 Å². The standard InChI is InChI=1S/C23H22N2O6/c1-3-29-21(26)19-13(2)24-23(28)25-16(19)12-30-22(27)20-14-8-4-6-10-17(14)31-18-11-7-5-9-15(18)20/h4-11,13,20H,3,12H2,1-2H3,(H2,24,25,28)/t13-/m1/s1. The van der Waals surface area contributed by atoms with Crippen molar-refractivity contribution in [3.8, 4) is 11.5 Å². The van der Waals surface area contributed by atoms with Gasteiger partial charge in [-0.15, -0.1) is 0 Å². The molecule has 1 atom stereocenters. The van der Waals surface area contributed by atoms with Crippen LogP contribution in [-0.4, -0.2) is 37.2 Å². The highest BCUT2D eigenvalue weighted by Crippen LogP contribution is 2.44. The summed E-state index contributed by atoms with van der Waals surface area (Å²) in [6.45, 7) is 3.27. The lowest BCUT2D eigenvalue weighted by Crippen LogP contribution is -2.50. The summed E-state index contributed by atoms with van der Waals surface area (Å²) >= 11 is 0. The van der Waals surface area contributed by atoms with E-state index in [9.17, 15) is 14.4 Å². The van der Waals surface area contributed by atoms with Crippen LogP contribution in [0.2, 0.25) is 0 Å². The first kappa shape index (κ1) is 20.5. The van der Waals surface area contributed by atoms with E-state index in [2.05, 4.69) is 10.6 Å². The van der Waals surface area contributed by atoms with Gasteiger partial charge in [-0.25, -0.2) is 9.59 Å². The molecule has 0 spiro atoms. The summed E-state index contributed by atoms with van der Waals surface area (Å²) in [6.07, 6.45) is 0. The van der Waals surface area contributed by atoms with Crippen LogP contribution in [0.4, 0.5) is 4.79 Å². The first-order valence-corrected chi connectivity index (χ1v) is 9.99. The number of hydrogen-bond donors (Lipinski definition) is 2. The van der Waals surface area contributed by atoms with Gasteiger partial charge in [-0.2, -0.15) is 0 Å². The SMILES string of the molecule is CCOC(=O)C1=C(COC(=O)C2c3ccccc3Oc3ccccc32)NC(=O)N[C@@H]1C. The summed E-state index contributed by atoms with van der Waals surface area (Å²) in [5.74, 6) is -0.617. The summed E-state index contributed by atoms with van der Waals surface area (Å²) in [6, 6.07) is 13.5. The number of esters is 2. The quantitative estimate of drug-likeness (QED) is 0.718. The fraction of sp³-hybridized carbons (Fsp3) is 0.261. The molecule has 2 heterocycles. The third-order valence-electron chi connectivity index (χ3n) is 5.14. The topological polar surface area (TPSA) is 103 Å². The molecule has 0 saturated carbocycles. The number of hydrogen-bond acceptors (Lipinski definition) is 6. The monoisotopic (exact) mass is 422 g/mol. The van der Waals surface area contributed by atoms with E-state index >= 15 is 0 Å². The Morgan fingerprint density at radius 3 is 2.23 bits per heavy atom. The molecule has 0 bridgehead atoms. The second-order valence-electron chi connectivity index (χ2n) is 7.15.